The first-order valence-corrected chi connectivity index (χ1v) is 8.49. The molecule has 0 fully saturated rings. The molecule has 0 saturated heterocycles. The molecule has 0 heterocycles. The standard InChI is InChI=1S/C15H20Cl2N2S/c1-3-19-15(2,11-18)8-4-5-9-20-12-6-7-13(16)14(17)10-12/h6-7,10,19H,3-5,8-9H2,1-2H3. The number of halogens is 2. The zero-order valence-electron chi connectivity index (χ0n) is 11.9. The minimum atomic E-state index is -0.400. The zero-order chi connectivity index (χ0) is 15.0. The van der Waals surface area contributed by atoms with Gasteiger partial charge in [0.05, 0.1) is 16.1 Å². The average molecular weight is 331 g/mol. The van der Waals surface area contributed by atoms with Gasteiger partial charge < -0.3 is 0 Å². The fourth-order valence-electron chi connectivity index (χ4n) is 1.91. The molecule has 0 saturated carbocycles. The van der Waals surface area contributed by atoms with Crippen molar-refractivity contribution < 1.29 is 0 Å². The largest absolute Gasteiger partial charge is 0.300 e. The van der Waals surface area contributed by atoms with Crippen LogP contribution in [-0.2, 0) is 0 Å². The van der Waals surface area contributed by atoms with Gasteiger partial charge in [0.25, 0.3) is 0 Å². The van der Waals surface area contributed by atoms with Crippen LogP contribution < -0.4 is 5.32 Å². The second kappa shape index (κ2) is 8.79. The number of benzene rings is 1. The number of rotatable bonds is 8. The third-order valence-electron chi connectivity index (χ3n) is 3.04. The van der Waals surface area contributed by atoms with E-state index in [0.717, 1.165) is 36.5 Å². The molecule has 0 bridgehead atoms. The number of hydrogen-bond acceptors (Lipinski definition) is 3. The highest BCUT2D eigenvalue weighted by atomic mass is 35.5. The molecule has 20 heavy (non-hydrogen) atoms. The maximum Gasteiger partial charge on any atom is 0.103 e. The number of nitrogens with one attached hydrogen (secondary N) is 1. The van der Waals surface area contributed by atoms with Gasteiger partial charge in [0.2, 0.25) is 0 Å². The van der Waals surface area contributed by atoms with E-state index in [-0.39, 0.29) is 0 Å². The van der Waals surface area contributed by atoms with Crippen LogP contribution in [-0.4, -0.2) is 17.8 Å². The molecule has 0 spiro atoms. The summed E-state index contributed by atoms with van der Waals surface area (Å²) in [6.45, 7) is 4.81. The van der Waals surface area contributed by atoms with E-state index >= 15 is 0 Å². The predicted molar refractivity (Wildman–Crippen MR) is 88.7 cm³/mol. The zero-order valence-corrected chi connectivity index (χ0v) is 14.2. The minimum Gasteiger partial charge on any atom is -0.300 e. The fraction of sp³-hybridized carbons (Fsp3) is 0.533. The van der Waals surface area contributed by atoms with E-state index in [1.54, 1.807) is 11.8 Å². The fourth-order valence-corrected chi connectivity index (χ4v) is 3.22. The SMILES string of the molecule is CCNC(C)(C#N)CCCCSc1ccc(Cl)c(Cl)c1. The van der Waals surface area contributed by atoms with Crippen molar-refractivity contribution in [3.05, 3.63) is 28.2 Å². The van der Waals surface area contributed by atoms with E-state index in [0.29, 0.717) is 10.0 Å². The summed E-state index contributed by atoms with van der Waals surface area (Å²) in [7, 11) is 0. The van der Waals surface area contributed by atoms with Crippen LogP contribution in [0.3, 0.4) is 0 Å². The molecule has 0 aromatic heterocycles. The summed E-state index contributed by atoms with van der Waals surface area (Å²) in [5.74, 6) is 1.02. The van der Waals surface area contributed by atoms with Crippen LogP contribution >= 0.6 is 35.0 Å². The van der Waals surface area contributed by atoms with E-state index in [4.69, 9.17) is 28.5 Å². The van der Waals surface area contributed by atoms with Crippen molar-refractivity contribution in [2.24, 2.45) is 0 Å². The van der Waals surface area contributed by atoms with E-state index < -0.39 is 5.54 Å². The molecule has 110 valence electrons. The van der Waals surface area contributed by atoms with Crippen LogP contribution in [0.5, 0.6) is 0 Å². The van der Waals surface area contributed by atoms with Gasteiger partial charge in [-0.2, -0.15) is 5.26 Å². The first kappa shape index (κ1) is 17.7. The Labute approximate surface area is 135 Å². The number of thioether (sulfide) groups is 1. The van der Waals surface area contributed by atoms with Crippen molar-refractivity contribution in [2.75, 3.05) is 12.3 Å². The average Bonchev–Trinajstić information content (AvgIpc) is 2.42. The van der Waals surface area contributed by atoms with Crippen molar-refractivity contribution in [1.29, 1.82) is 5.26 Å². The summed E-state index contributed by atoms with van der Waals surface area (Å²) in [5.41, 5.74) is -0.400. The third-order valence-corrected chi connectivity index (χ3v) is 4.86. The molecule has 0 aliphatic rings. The van der Waals surface area contributed by atoms with Gasteiger partial charge in [-0.25, -0.2) is 0 Å². The normalized spacial score (nSPS) is 13.8. The molecule has 1 aromatic carbocycles. The monoisotopic (exact) mass is 330 g/mol. The van der Waals surface area contributed by atoms with Crippen LogP contribution in [0.2, 0.25) is 10.0 Å². The first-order chi connectivity index (χ1) is 9.50. The molecule has 0 amide bonds. The molecular formula is C15H20Cl2N2S. The second-order valence-electron chi connectivity index (χ2n) is 4.86. The van der Waals surface area contributed by atoms with Crippen molar-refractivity contribution >= 4 is 35.0 Å². The van der Waals surface area contributed by atoms with Crippen LogP contribution in [0.25, 0.3) is 0 Å². The Hall–Kier alpha value is -0.400. The van der Waals surface area contributed by atoms with Gasteiger partial charge in [0.1, 0.15) is 5.54 Å². The molecule has 1 aromatic rings. The molecule has 0 aliphatic heterocycles. The second-order valence-corrected chi connectivity index (χ2v) is 6.84. The maximum absolute atomic E-state index is 9.16. The lowest BCUT2D eigenvalue weighted by atomic mass is 9.97. The van der Waals surface area contributed by atoms with Gasteiger partial charge in [-0.3, -0.25) is 5.32 Å². The van der Waals surface area contributed by atoms with Gasteiger partial charge in [-0.05, 0) is 56.7 Å². The van der Waals surface area contributed by atoms with Crippen LogP contribution in [0.15, 0.2) is 23.1 Å². The topological polar surface area (TPSA) is 35.8 Å². The molecule has 1 rings (SSSR count). The van der Waals surface area contributed by atoms with Crippen molar-refractivity contribution in [3.63, 3.8) is 0 Å². The molecular weight excluding hydrogens is 311 g/mol. The number of hydrogen-bond donors (Lipinski definition) is 1. The Bertz CT molecular complexity index is 473. The van der Waals surface area contributed by atoms with Gasteiger partial charge in [0, 0.05) is 4.90 Å². The lowest BCUT2D eigenvalue weighted by Gasteiger charge is -2.22. The number of nitriles is 1. The number of nitrogens with zero attached hydrogens (tertiary/aromatic N) is 1. The van der Waals surface area contributed by atoms with Gasteiger partial charge in [0.15, 0.2) is 0 Å². The van der Waals surface area contributed by atoms with Crippen molar-refractivity contribution in [1.82, 2.24) is 5.32 Å². The Balaban J connectivity index is 2.28. The lowest BCUT2D eigenvalue weighted by Crippen LogP contribution is -2.40. The highest BCUT2D eigenvalue weighted by Crippen LogP contribution is 2.28. The minimum absolute atomic E-state index is 0.400. The van der Waals surface area contributed by atoms with Crippen molar-refractivity contribution in [2.45, 2.75) is 43.5 Å². The highest BCUT2D eigenvalue weighted by molar-refractivity contribution is 7.99. The first-order valence-electron chi connectivity index (χ1n) is 6.75. The molecule has 2 nitrogen and oxygen atoms in total. The predicted octanol–water partition coefficient (Wildman–Crippen LogP) is 5.15. The Morgan fingerprint density at radius 1 is 1.30 bits per heavy atom. The molecule has 1 N–H and O–H groups in total. The lowest BCUT2D eigenvalue weighted by molar-refractivity contribution is 0.415. The summed E-state index contributed by atoms with van der Waals surface area (Å²) in [4.78, 5) is 1.13. The molecule has 1 unspecified atom stereocenters. The molecule has 0 aliphatic carbocycles. The summed E-state index contributed by atoms with van der Waals surface area (Å²) >= 11 is 13.6. The number of unbranched alkanes of at least 4 members (excludes halogenated alkanes) is 1. The van der Waals surface area contributed by atoms with Gasteiger partial charge in [-0.1, -0.05) is 30.1 Å². The summed E-state index contributed by atoms with van der Waals surface area (Å²) < 4.78 is 0. The molecule has 0 radical (unpaired) electrons. The van der Waals surface area contributed by atoms with Crippen LogP contribution in [0.4, 0.5) is 0 Å². The summed E-state index contributed by atoms with van der Waals surface area (Å²) in [5, 5.41) is 13.6. The maximum atomic E-state index is 9.16. The van der Waals surface area contributed by atoms with Crippen molar-refractivity contribution in [3.8, 4) is 6.07 Å². The third kappa shape index (κ3) is 5.93. The summed E-state index contributed by atoms with van der Waals surface area (Å²) in [6, 6.07) is 8.05. The molecule has 1 atom stereocenters. The van der Waals surface area contributed by atoms with E-state index in [1.807, 2.05) is 32.0 Å². The van der Waals surface area contributed by atoms with E-state index in [1.165, 1.54) is 0 Å². The van der Waals surface area contributed by atoms with Gasteiger partial charge >= 0.3 is 0 Å². The quantitative estimate of drug-likeness (QED) is 0.529. The smallest absolute Gasteiger partial charge is 0.103 e. The van der Waals surface area contributed by atoms with Gasteiger partial charge in [-0.15, -0.1) is 11.8 Å². The van der Waals surface area contributed by atoms with Crippen LogP contribution in [0, 0.1) is 11.3 Å². The Morgan fingerprint density at radius 3 is 2.65 bits per heavy atom. The highest BCUT2D eigenvalue weighted by Gasteiger charge is 2.20. The molecule has 5 heteroatoms. The Morgan fingerprint density at radius 2 is 2.05 bits per heavy atom. The van der Waals surface area contributed by atoms with E-state index in [9.17, 15) is 0 Å². The van der Waals surface area contributed by atoms with Crippen LogP contribution in [0.1, 0.15) is 33.1 Å². The Kier molecular flexibility index (Phi) is 7.76. The van der Waals surface area contributed by atoms with E-state index in [2.05, 4.69) is 11.4 Å². The summed E-state index contributed by atoms with van der Waals surface area (Å²) in [6.07, 6.45) is 2.98.